The Kier molecular flexibility index (Phi) is 1.83. The minimum Gasteiger partial charge on any atom is -0.276 e. The highest BCUT2D eigenvalue weighted by molar-refractivity contribution is 7.17. The Hall–Kier alpha value is -0.930. The van der Waals surface area contributed by atoms with Crippen LogP contribution < -0.4 is 0 Å². The number of benzene rings is 1. The monoisotopic (exact) mass is 197 g/mol. The van der Waals surface area contributed by atoms with Crippen molar-refractivity contribution in [2.75, 3.05) is 0 Å². The van der Waals surface area contributed by atoms with Gasteiger partial charge in [-0.3, -0.25) is 4.79 Å². The van der Waals surface area contributed by atoms with Gasteiger partial charge in [-0.05, 0) is 23.7 Å². The van der Waals surface area contributed by atoms with E-state index in [1.807, 2.05) is 6.07 Å². The van der Waals surface area contributed by atoms with E-state index in [9.17, 15) is 4.79 Å². The number of hydrogen-bond donors (Lipinski definition) is 0. The van der Waals surface area contributed by atoms with Crippen LogP contribution in [-0.4, -0.2) is 10.2 Å². The van der Waals surface area contributed by atoms with Gasteiger partial charge in [0.05, 0.1) is 21.3 Å². The van der Waals surface area contributed by atoms with E-state index in [1.165, 1.54) is 11.3 Å². The first-order chi connectivity index (χ1) is 5.79. The molecule has 0 amide bonds. The van der Waals surface area contributed by atoms with Crippen molar-refractivity contribution in [3.8, 4) is 0 Å². The molecule has 0 unspecified atom stereocenters. The quantitative estimate of drug-likeness (QED) is 0.658. The highest BCUT2D eigenvalue weighted by atomic mass is 35.5. The zero-order valence-electron chi connectivity index (χ0n) is 5.95. The first kappa shape index (κ1) is 7.71. The van der Waals surface area contributed by atoms with Gasteiger partial charge in [-0.15, -0.1) is 11.3 Å². The lowest BCUT2D eigenvalue weighted by molar-refractivity contribution is 0.108. The van der Waals surface area contributed by atoms with Crippen LogP contribution in [0.5, 0.6) is 0 Å². The molecule has 4 heteroatoms. The molecule has 1 aromatic heterocycles. The van der Waals surface area contributed by atoms with Gasteiger partial charge in [0.15, 0.2) is 0 Å². The summed E-state index contributed by atoms with van der Waals surface area (Å²) < 4.78 is 0.859. The van der Waals surface area contributed by atoms with E-state index in [0.29, 0.717) is 5.56 Å². The van der Waals surface area contributed by atoms with Gasteiger partial charge < -0.3 is 0 Å². The van der Waals surface area contributed by atoms with Crippen molar-refractivity contribution >= 4 is 38.4 Å². The first-order valence-corrected chi connectivity index (χ1v) is 4.57. The molecular weight excluding hydrogens is 194 g/mol. The van der Waals surface area contributed by atoms with Crippen LogP contribution in [0.4, 0.5) is 0 Å². The number of aromatic nitrogens is 1. The predicted molar refractivity (Wildman–Crippen MR) is 49.8 cm³/mol. The predicted octanol–water partition coefficient (Wildman–Crippen LogP) is 2.68. The van der Waals surface area contributed by atoms with Crippen LogP contribution in [0.3, 0.4) is 0 Å². The van der Waals surface area contributed by atoms with Crippen molar-refractivity contribution in [1.82, 2.24) is 4.98 Å². The summed E-state index contributed by atoms with van der Waals surface area (Å²) in [5.74, 6) is 0. The van der Waals surface area contributed by atoms with Crippen LogP contribution >= 0.6 is 22.9 Å². The van der Waals surface area contributed by atoms with Gasteiger partial charge in [-0.2, -0.15) is 0 Å². The number of carbonyl (C=O) groups is 1. The van der Waals surface area contributed by atoms with Crippen molar-refractivity contribution in [1.29, 1.82) is 0 Å². The maximum Gasteiger partial charge on any atom is 0.253 e. The van der Waals surface area contributed by atoms with Crippen molar-refractivity contribution < 1.29 is 4.79 Å². The summed E-state index contributed by atoms with van der Waals surface area (Å²) >= 11 is 6.80. The molecule has 12 heavy (non-hydrogen) atoms. The first-order valence-electron chi connectivity index (χ1n) is 3.31. The molecule has 2 nitrogen and oxygen atoms in total. The van der Waals surface area contributed by atoms with Gasteiger partial charge in [0.2, 0.25) is 0 Å². The Morgan fingerprint density at radius 1 is 1.50 bits per heavy atom. The van der Waals surface area contributed by atoms with E-state index in [1.54, 1.807) is 17.6 Å². The third kappa shape index (κ3) is 1.11. The Bertz CT molecular complexity index is 437. The average molecular weight is 198 g/mol. The number of rotatable bonds is 1. The van der Waals surface area contributed by atoms with E-state index < -0.39 is 5.24 Å². The molecule has 2 rings (SSSR count). The summed E-state index contributed by atoms with van der Waals surface area (Å²) in [6.45, 7) is 0. The van der Waals surface area contributed by atoms with Gasteiger partial charge in [-0.25, -0.2) is 4.98 Å². The minimum atomic E-state index is -0.426. The summed E-state index contributed by atoms with van der Waals surface area (Å²) in [5.41, 5.74) is 3.07. The number of halogens is 1. The highest BCUT2D eigenvalue weighted by Gasteiger charge is 2.07. The smallest absolute Gasteiger partial charge is 0.253 e. The summed E-state index contributed by atoms with van der Waals surface area (Å²) in [5, 5.41) is -0.426. The van der Waals surface area contributed by atoms with Crippen molar-refractivity contribution in [3.05, 3.63) is 29.3 Å². The van der Waals surface area contributed by atoms with Gasteiger partial charge in [0.25, 0.3) is 5.24 Å². The fourth-order valence-electron chi connectivity index (χ4n) is 1.04. The molecule has 0 saturated carbocycles. The van der Waals surface area contributed by atoms with Gasteiger partial charge in [0.1, 0.15) is 0 Å². The zero-order chi connectivity index (χ0) is 8.55. The van der Waals surface area contributed by atoms with Crippen LogP contribution in [0.15, 0.2) is 23.7 Å². The molecule has 0 aliphatic heterocycles. The second-order valence-corrected chi connectivity index (χ2v) is 3.48. The van der Waals surface area contributed by atoms with Crippen LogP contribution in [-0.2, 0) is 0 Å². The van der Waals surface area contributed by atoms with E-state index in [-0.39, 0.29) is 0 Å². The normalized spacial score (nSPS) is 10.4. The van der Waals surface area contributed by atoms with Crippen molar-refractivity contribution in [2.45, 2.75) is 0 Å². The molecule has 0 N–H and O–H groups in total. The SMILES string of the molecule is O=C(Cl)c1cccc2ncsc12. The second kappa shape index (κ2) is 2.84. The maximum atomic E-state index is 10.9. The number of thiazole rings is 1. The van der Waals surface area contributed by atoms with Crippen LogP contribution in [0, 0.1) is 0 Å². The van der Waals surface area contributed by atoms with E-state index in [0.717, 1.165) is 10.2 Å². The molecular formula is C8H4ClNOS. The number of carbonyl (C=O) groups excluding carboxylic acids is 1. The molecule has 1 aromatic carbocycles. The van der Waals surface area contributed by atoms with Gasteiger partial charge in [-0.1, -0.05) is 6.07 Å². The molecule has 0 spiro atoms. The lowest BCUT2D eigenvalue weighted by atomic mass is 10.2. The summed E-state index contributed by atoms with van der Waals surface area (Å²) in [6, 6.07) is 5.34. The second-order valence-electron chi connectivity index (χ2n) is 2.28. The Morgan fingerprint density at radius 3 is 3.08 bits per heavy atom. The third-order valence-electron chi connectivity index (χ3n) is 1.57. The minimum absolute atomic E-state index is 0.426. The molecule has 0 fully saturated rings. The zero-order valence-corrected chi connectivity index (χ0v) is 7.52. The summed E-state index contributed by atoms with van der Waals surface area (Å²) in [7, 11) is 0. The van der Waals surface area contributed by atoms with Crippen molar-refractivity contribution in [2.24, 2.45) is 0 Å². The summed E-state index contributed by atoms with van der Waals surface area (Å²) in [4.78, 5) is 15.0. The van der Waals surface area contributed by atoms with Gasteiger partial charge >= 0.3 is 0 Å². The molecule has 1 heterocycles. The standard InChI is InChI=1S/C8H4ClNOS/c9-8(11)5-2-1-3-6-7(5)12-4-10-6/h1-4H. The van der Waals surface area contributed by atoms with E-state index >= 15 is 0 Å². The largest absolute Gasteiger partial charge is 0.276 e. The van der Waals surface area contributed by atoms with Crippen LogP contribution in [0.1, 0.15) is 10.4 Å². The highest BCUT2D eigenvalue weighted by Crippen LogP contribution is 2.23. The van der Waals surface area contributed by atoms with Crippen LogP contribution in [0.2, 0.25) is 0 Å². The Morgan fingerprint density at radius 2 is 2.33 bits per heavy atom. The fraction of sp³-hybridized carbons (Fsp3) is 0. The fourth-order valence-corrected chi connectivity index (χ4v) is 2.06. The number of hydrogen-bond acceptors (Lipinski definition) is 3. The van der Waals surface area contributed by atoms with Crippen LogP contribution in [0.25, 0.3) is 10.2 Å². The average Bonchev–Trinajstić information content (AvgIpc) is 2.49. The summed E-state index contributed by atoms with van der Waals surface area (Å²) in [6.07, 6.45) is 0. The van der Waals surface area contributed by atoms with Gasteiger partial charge in [0, 0.05) is 0 Å². The van der Waals surface area contributed by atoms with Crippen molar-refractivity contribution in [3.63, 3.8) is 0 Å². The molecule has 0 atom stereocenters. The number of nitrogens with zero attached hydrogens (tertiary/aromatic N) is 1. The molecule has 0 aliphatic rings. The maximum absolute atomic E-state index is 10.9. The molecule has 60 valence electrons. The molecule has 0 aliphatic carbocycles. The molecule has 0 saturated heterocycles. The number of fused-ring (bicyclic) bond motifs is 1. The molecule has 0 bridgehead atoms. The third-order valence-corrected chi connectivity index (χ3v) is 2.65. The van der Waals surface area contributed by atoms with E-state index in [2.05, 4.69) is 4.98 Å². The van der Waals surface area contributed by atoms with E-state index in [4.69, 9.17) is 11.6 Å². The topological polar surface area (TPSA) is 30.0 Å². The lowest BCUT2D eigenvalue weighted by Gasteiger charge is -1.93. The Labute approximate surface area is 77.8 Å². The Balaban J connectivity index is 2.82. The lowest BCUT2D eigenvalue weighted by Crippen LogP contribution is -1.87. The molecule has 0 radical (unpaired) electrons. The molecule has 2 aromatic rings.